The molecule has 0 aliphatic heterocycles. The van der Waals surface area contributed by atoms with Crippen molar-refractivity contribution in [2.24, 2.45) is 0 Å². The van der Waals surface area contributed by atoms with Crippen LogP contribution in [0.1, 0.15) is 168 Å². The molecule has 0 aromatic carbocycles. The summed E-state index contributed by atoms with van der Waals surface area (Å²) < 4.78 is 32.6. The van der Waals surface area contributed by atoms with Crippen molar-refractivity contribution >= 4 is 19.8 Å². The molecule has 0 rings (SSSR count). The Balaban J connectivity index is 4.47. The minimum absolute atomic E-state index is 0.0511. The number of rotatable bonds is 40. The van der Waals surface area contributed by atoms with Crippen molar-refractivity contribution in [3.63, 3.8) is 0 Å². The lowest BCUT2D eigenvalue weighted by atomic mass is 10.1. The van der Waals surface area contributed by atoms with Crippen molar-refractivity contribution in [3.05, 3.63) is 72.9 Å². The Hall–Kier alpha value is -2.59. The first kappa shape index (κ1) is 54.4. The molecule has 10 nitrogen and oxygen atoms in total. The van der Waals surface area contributed by atoms with E-state index < -0.39 is 51.8 Å². The van der Waals surface area contributed by atoms with Gasteiger partial charge in [0, 0.05) is 12.8 Å². The van der Waals surface area contributed by atoms with Gasteiger partial charge in [0.1, 0.15) is 12.7 Å². The Morgan fingerprint density at radius 1 is 0.526 bits per heavy atom. The Morgan fingerprint density at radius 2 is 0.912 bits per heavy atom. The lowest BCUT2D eigenvalue weighted by Crippen LogP contribution is -2.29. The van der Waals surface area contributed by atoms with E-state index in [0.717, 1.165) is 38.5 Å². The molecule has 0 saturated heterocycles. The summed E-state index contributed by atoms with van der Waals surface area (Å²) in [6.45, 7) is 2.22. The molecule has 0 aliphatic carbocycles. The van der Waals surface area contributed by atoms with Crippen LogP contribution < -0.4 is 0 Å². The van der Waals surface area contributed by atoms with Gasteiger partial charge in [0.25, 0.3) is 0 Å². The minimum atomic E-state index is -4.65. The fourth-order valence-electron chi connectivity index (χ4n) is 5.46. The van der Waals surface area contributed by atoms with Gasteiger partial charge >= 0.3 is 19.8 Å². The van der Waals surface area contributed by atoms with Crippen LogP contribution in [0.2, 0.25) is 0 Å². The fraction of sp³-hybridized carbons (Fsp3) is 0.696. The summed E-state index contributed by atoms with van der Waals surface area (Å²) in [5.74, 6) is -1.08. The first-order valence-electron chi connectivity index (χ1n) is 21.9. The summed E-state index contributed by atoms with van der Waals surface area (Å²) in [4.78, 5) is 34.9. The van der Waals surface area contributed by atoms with Gasteiger partial charge in [-0.1, -0.05) is 164 Å². The van der Waals surface area contributed by atoms with Gasteiger partial charge in [0.15, 0.2) is 6.10 Å². The van der Waals surface area contributed by atoms with Crippen LogP contribution in [0.3, 0.4) is 0 Å². The SMILES string of the molecule is CCCCC/C=C\C/C=C\C/C=C\C/C=C\C/C=C\CCC(=O)OC(COC(=O)CC/C=C\CCCCCCCCCCCCC)COP(=O)(O)OCC(O)CO. The maximum absolute atomic E-state index is 12.6. The van der Waals surface area contributed by atoms with Crippen LogP contribution in [0.15, 0.2) is 72.9 Å². The van der Waals surface area contributed by atoms with E-state index in [1.165, 1.54) is 89.9 Å². The van der Waals surface area contributed by atoms with Gasteiger partial charge in [-0.3, -0.25) is 18.6 Å². The number of hydrogen-bond acceptors (Lipinski definition) is 9. The zero-order valence-corrected chi connectivity index (χ0v) is 36.4. The normalized spacial score (nSPS) is 14.5. The molecule has 11 heteroatoms. The molecular weight excluding hydrogens is 743 g/mol. The summed E-state index contributed by atoms with van der Waals surface area (Å²) in [7, 11) is -4.65. The summed E-state index contributed by atoms with van der Waals surface area (Å²) >= 11 is 0. The number of ether oxygens (including phenoxy) is 2. The van der Waals surface area contributed by atoms with Crippen molar-refractivity contribution in [1.82, 2.24) is 0 Å². The van der Waals surface area contributed by atoms with E-state index in [1.807, 2.05) is 18.2 Å². The predicted molar refractivity (Wildman–Crippen MR) is 233 cm³/mol. The smallest absolute Gasteiger partial charge is 0.462 e. The highest BCUT2D eigenvalue weighted by Gasteiger charge is 2.27. The standard InChI is InChI=1S/C46H79O10P/c1-3-5-7-9-11-13-15-17-19-20-21-22-24-26-28-30-32-34-36-38-46(50)56-44(42-55-57(51,52)54-40-43(48)39-47)41-53-45(49)37-35-33-31-29-27-25-23-18-16-14-12-10-8-6-4-2/h11,13,17,19,21-22,26,28,31-34,43-44,47-48H,3-10,12,14-16,18,20,23-25,27,29-30,35-42H2,1-2H3,(H,51,52)/b13-11-,19-17-,22-21-,28-26-,33-31-,34-32-. The molecule has 3 unspecified atom stereocenters. The molecule has 57 heavy (non-hydrogen) atoms. The lowest BCUT2D eigenvalue weighted by Gasteiger charge is -2.20. The number of esters is 2. The number of carbonyl (C=O) groups excluding carboxylic acids is 2. The highest BCUT2D eigenvalue weighted by Crippen LogP contribution is 2.43. The summed E-state index contributed by atoms with van der Waals surface area (Å²) in [5.41, 5.74) is 0. The highest BCUT2D eigenvalue weighted by molar-refractivity contribution is 7.47. The van der Waals surface area contributed by atoms with Gasteiger partial charge in [0.05, 0.1) is 19.8 Å². The van der Waals surface area contributed by atoms with Crippen LogP contribution >= 0.6 is 7.82 Å². The zero-order valence-electron chi connectivity index (χ0n) is 35.5. The van der Waals surface area contributed by atoms with E-state index in [-0.39, 0.29) is 19.4 Å². The van der Waals surface area contributed by atoms with E-state index in [0.29, 0.717) is 12.8 Å². The number of unbranched alkanes of at least 4 members (excludes halogenated alkanes) is 14. The van der Waals surface area contributed by atoms with E-state index >= 15 is 0 Å². The number of carbonyl (C=O) groups is 2. The average molecular weight is 823 g/mol. The molecule has 328 valence electrons. The first-order chi connectivity index (χ1) is 27.7. The number of allylic oxidation sites excluding steroid dienone is 12. The van der Waals surface area contributed by atoms with Crippen molar-refractivity contribution < 1.29 is 47.8 Å². The number of phosphoric acid groups is 1. The van der Waals surface area contributed by atoms with E-state index in [1.54, 1.807) is 0 Å². The van der Waals surface area contributed by atoms with Gasteiger partial charge < -0.3 is 24.6 Å². The fourth-order valence-corrected chi connectivity index (χ4v) is 6.25. The average Bonchev–Trinajstić information content (AvgIpc) is 3.20. The molecule has 0 aromatic rings. The Bertz CT molecular complexity index is 1180. The van der Waals surface area contributed by atoms with Crippen LogP contribution in [0.4, 0.5) is 0 Å². The van der Waals surface area contributed by atoms with Gasteiger partial charge in [-0.05, 0) is 64.2 Å². The van der Waals surface area contributed by atoms with E-state index in [2.05, 4.69) is 73.1 Å². The second-order valence-corrected chi connectivity index (χ2v) is 15.8. The van der Waals surface area contributed by atoms with Gasteiger partial charge in [-0.2, -0.15) is 0 Å². The second-order valence-electron chi connectivity index (χ2n) is 14.4. The van der Waals surface area contributed by atoms with Crippen LogP contribution in [0.5, 0.6) is 0 Å². The molecule has 0 fully saturated rings. The zero-order chi connectivity index (χ0) is 41.9. The molecule has 0 heterocycles. The summed E-state index contributed by atoms with van der Waals surface area (Å²) in [6, 6.07) is 0. The Kier molecular flexibility index (Phi) is 39.7. The molecule has 0 amide bonds. The topological polar surface area (TPSA) is 149 Å². The molecule has 0 aromatic heterocycles. The van der Waals surface area contributed by atoms with Crippen molar-refractivity contribution in [3.8, 4) is 0 Å². The maximum Gasteiger partial charge on any atom is 0.472 e. The number of phosphoric ester groups is 1. The van der Waals surface area contributed by atoms with E-state index in [9.17, 15) is 24.2 Å². The Labute approximate surface area is 346 Å². The lowest BCUT2D eigenvalue weighted by molar-refractivity contribution is -0.161. The summed E-state index contributed by atoms with van der Waals surface area (Å²) in [5, 5.41) is 18.3. The van der Waals surface area contributed by atoms with Gasteiger partial charge in [-0.25, -0.2) is 4.57 Å². The molecule has 0 saturated carbocycles. The molecular formula is C46H79O10P. The third kappa shape index (κ3) is 41.4. The van der Waals surface area contributed by atoms with Crippen LogP contribution in [-0.4, -0.2) is 65.7 Å². The molecule has 3 N–H and O–H groups in total. The summed E-state index contributed by atoms with van der Waals surface area (Å²) in [6.07, 6.45) is 47.5. The van der Waals surface area contributed by atoms with Crippen molar-refractivity contribution in [2.45, 2.75) is 180 Å². The largest absolute Gasteiger partial charge is 0.472 e. The monoisotopic (exact) mass is 823 g/mol. The molecule has 3 atom stereocenters. The molecule has 0 radical (unpaired) electrons. The molecule has 0 spiro atoms. The minimum Gasteiger partial charge on any atom is -0.462 e. The number of hydrogen-bond donors (Lipinski definition) is 3. The first-order valence-corrected chi connectivity index (χ1v) is 23.4. The van der Waals surface area contributed by atoms with Gasteiger partial charge in [-0.15, -0.1) is 0 Å². The molecule has 0 bridgehead atoms. The predicted octanol–water partition coefficient (Wildman–Crippen LogP) is 11.7. The van der Waals surface area contributed by atoms with Crippen LogP contribution in [-0.2, 0) is 32.7 Å². The maximum atomic E-state index is 12.6. The number of aliphatic hydroxyl groups excluding tert-OH is 2. The number of aliphatic hydroxyl groups is 2. The van der Waals surface area contributed by atoms with Crippen LogP contribution in [0, 0.1) is 0 Å². The van der Waals surface area contributed by atoms with Crippen molar-refractivity contribution in [1.29, 1.82) is 0 Å². The third-order valence-corrected chi connectivity index (χ3v) is 9.81. The second kappa shape index (κ2) is 41.6. The van der Waals surface area contributed by atoms with Crippen molar-refractivity contribution in [2.75, 3.05) is 26.4 Å². The van der Waals surface area contributed by atoms with Crippen LogP contribution in [0.25, 0.3) is 0 Å². The Morgan fingerprint density at radius 3 is 1.44 bits per heavy atom. The quantitative estimate of drug-likeness (QED) is 0.0236. The highest BCUT2D eigenvalue weighted by atomic mass is 31.2. The third-order valence-electron chi connectivity index (χ3n) is 8.86. The van der Waals surface area contributed by atoms with E-state index in [4.69, 9.17) is 19.1 Å². The van der Waals surface area contributed by atoms with Gasteiger partial charge in [0.2, 0.25) is 0 Å². The molecule has 0 aliphatic rings.